The topological polar surface area (TPSA) is 116 Å². The van der Waals surface area contributed by atoms with Crippen LogP contribution in [0, 0.1) is 12.7 Å². The third-order valence-electron chi connectivity index (χ3n) is 7.91. The molecule has 10 heteroatoms. The van der Waals surface area contributed by atoms with E-state index < -0.39 is 23.6 Å². The quantitative estimate of drug-likeness (QED) is 0.166. The first-order chi connectivity index (χ1) is 22.2. The lowest BCUT2D eigenvalue weighted by atomic mass is 10.0. The van der Waals surface area contributed by atoms with Crippen LogP contribution in [0.25, 0.3) is 10.9 Å². The van der Waals surface area contributed by atoms with E-state index in [0.717, 1.165) is 11.1 Å². The monoisotopic (exact) mass is 622 g/mol. The maximum atomic E-state index is 14.5. The summed E-state index contributed by atoms with van der Waals surface area (Å²) < 4.78 is 20.1. The van der Waals surface area contributed by atoms with Gasteiger partial charge in [0, 0.05) is 38.2 Å². The van der Waals surface area contributed by atoms with Gasteiger partial charge in [0.1, 0.15) is 11.9 Å². The number of fused-ring (bicyclic) bond motifs is 1. The van der Waals surface area contributed by atoms with E-state index >= 15 is 0 Å². The van der Waals surface area contributed by atoms with E-state index in [1.807, 2.05) is 67.6 Å². The second kappa shape index (κ2) is 14.5. The lowest BCUT2D eigenvalue weighted by Gasteiger charge is -2.27. The predicted octanol–water partition coefficient (Wildman–Crippen LogP) is 6.39. The highest BCUT2D eigenvalue weighted by Crippen LogP contribution is 2.23. The number of aryl methyl sites for hydroxylation is 1. The molecule has 0 aliphatic rings. The molecule has 0 bridgehead atoms. The number of carbonyl (C=O) groups excluding carboxylic acids is 1. The zero-order chi connectivity index (χ0) is 32.6. The van der Waals surface area contributed by atoms with Crippen molar-refractivity contribution in [1.82, 2.24) is 14.8 Å². The molecule has 2 N–H and O–H groups in total. The van der Waals surface area contributed by atoms with Crippen LogP contribution in [-0.2, 0) is 30.8 Å². The normalized spacial score (nSPS) is 11.6. The Balaban J connectivity index is 1.42. The number of anilines is 1. The standard InChI is InChI=1S/C36H35FN4O5/c1-3-40(23-28-16-10-11-17-29(28)37)33(42)31(20-25-12-6-4-7-13-25)39-35-38-30-19-18-27(24(2)32(30)34(43)46-35)22-41(36(44)45)21-26-14-8-5-9-15-26/h4-19,31H,3,20-23H2,1-2H3,(H,38,39)(H,44,45)/t31-/m0/s1. The molecule has 5 rings (SSSR count). The minimum atomic E-state index is -1.08. The lowest BCUT2D eigenvalue weighted by molar-refractivity contribution is -0.132. The van der Waals surface area contributed by atoms with Gasteiger partial charge in [0.05, 0.1) is 10.9 Å². The Bertz CT molecular complexity index is 1880. The van der Waals surface area contributed by atoms with Gasteiger partial charge in [0.2, 0.25) is 5.91 Å². The summed E-state index contributed by atoms with van der Waals surface area (Å²) in [6.07, 6.45) is -0.820. The Kier molecular flexibility index (Phi) is 10.1. The van der Waals surface area contributed by atoms with Crippen molar-refractivity contribution in [2.45, 2.75) is 45.9 Å². The van der Waals surface area contributed by atoms with Crippen molar-refractivity contribution in [2.75, 3.05) is 11.9 Å². The number of hydrogen-bond donors (Lipinski definition) is 2. The molecule has 0 fully saturated rings. The van der Waals surface area contributed by atoms with Crippen molar-refractivity contribution in [1.29, 1.82) is 0 Å². The van der Waals surface area contributed by atoms with Gasteiger partial charge in [-0.2, -0.15) is 4.98 Å². The SMILES string of the molecule is CCN(Cc1ccccc1F)C(=O)[C@H](Cc1ccccc1)Nc1nc2ccc(CN(Cc3ccccc3)C(=O)O)c(C)c2c(=O)o1. The van der Waals surface area contributed by atoms with E-state index in [2.05, 4.69) is 10.3 Å². The van der Waals surface area contributed by atoms with Crippen molar-refractivity contribution >= 4 is 28.9 Å². The minimum absolute atomic E-state index is 0.0634. The van der Waals surface area contributed by atoms with Crippen LogP contribution in [0.2, 0.25) is 0 Å². The van der Waals surface area contributed by atoms with Crippen LogP contribution >= 0.6 is 0 Å². The van der Waals surface area contributed by atoms with Gasteiger partial charge in [0.15, 0.2) is 0 Å². The number of nitrogens with zero attached hydrogens (tertiary/aromatic N) is 3. The second-order valence-corrected chi connectivity index (χ2v) is 11.0. The van der Waals surface area contributed by atoms with Crippen LogP contribution in [0.15, 0.2) is 106 Å². The van der Waals surface area contributed by atoms with Gasteiger partial charge in [0.25, 0.3) is 6.01 Å². The van der Waals surface area contributed by atoms with E-state index in [0.29, 0.717) is 28.8 Å². The van der Waals surface area contributed by atoms with Crippen molar-refractivity contribution in [3.05, 3.63) is 141 Å². The number of hydrogen-bond acceptors (Lipinski definition) is 6. The Morgan fingerprint density at radius 1 is 0.848 bits per heavy atom. The molecule has 0 saturated carbocycles. The summed E-state index contributed by atoms with van der Waals surface area (Å²) in [5, 5.41) is 13.1. The molecule has 4 aromatic carbocycles. The molecule has 1 aromatic heterocycles. The van der Waals surface area contributed by atoms with E-state index in [9.17, 15) is 23.9 Å². The van der Waals surface area contributed by atoms with Gasteiger partial charge < -0.3 is 19.7 Å². The van der Waals surface area contributed by atoms with Crippen LogP contribution in [0.1, 0.15) is 34.7 Å². The molecule has 0 radical (unpaired) electrons. The number of amides is 2. The smallest absolute Gasteiger partial charge is 0.407 e. The summed E-state index contributed by atoms with van der Waals surface area (Å²) in [5.74, 6) is -0.706. The van der Waals surface area contributed by atoms with Crippen LogP contribution in [0.3, 0.4) is 0 Å². The summed E-state index contributed by atoms with van der Waals surface area (Å²) >= 11 is 0. The highest BCUT2D eigenvalue weighted by molar-refractivity contribution is 5.86. The first kappa shape index (κ1) is 31.9. The Hall–Kier alpha value is -5.51. The molecule has 1 atom stereocenters. The fraction of sp³-hybridized carbons (Fsp3) is 0.222. The number of likely N-dealkylation sites (N-methyl/N-ethyl adjacent to an activating group) is 1. The predicted molar refractivity (Wildman–Crippen MR) is 174 cm³/mol. The molecule has 46 heavy (non-hydrogen) atoms. The van der Waals surface area contributed by atoms with E-state index in [1.54, 1.807) is 37.3 Å². The molecule has 1 heterocycles. The number of halogens is 1. The van der Waals surface area contributed by atoms with E-state index in [1.165, 1.54) is 15.9 Å². The van der Waals surface area contributed by atoms with Gasteiger partial charge >= 0.3 is 11.7 Å². The van der Waals surface area contributed by atoms with Gasteiger partial charge in [-0.05, 0) is 48.2 Å². The number of carbonyl (C=O) groups is 2. The summed E-state index contributed by atoms with van der Waals surface area (Å²) in [5.41, 5.74) is 2.99. The zero-order valence-electron chi connectivity index (χ0n) is 25.7. The number of carboxylic acid groups (broad SMARTS) is 1. The third-order valence-corrected chi connectivity index (χ3v) is 7.91. The average Bonchev–Trinajstić information content (AvgIpc) is 3.05. The van der Waals surface area contributed by atoms with Crippen molar-refractivity contribution in [3.8, 4) is 0 Å². The fourth-order valence-electron chi connectivity index (χ4n) is 5.39. The van der Waals surface area contributed by atoms with Gasteiger partial charge in [-0.3, -0.25) is 9.69 Å². The van der Waals surface area contributed by atoms with Crippen LogP contribution in [0.5, 0.6) is 0 Å². The number of rotatable bonds is 12. The van der Waals surface area contributed by atoms with Gasteiger partial charge in [-0.15, -0.1) is 0 Å². The molecule has 0 spiro atoms. The Morgan fingerprint density at radius 2 is 1.48 bits per heavy atom. The summed E-state index contributed by atoms with van der Waals surface area (Å²) in [6.45, 7) is 4.20. The molecule has 0 unspecified atom stereocenters. The highest BCUT2D eigenvalue weighted by Gasteiger charge is 2.27. The number of aromatic nitrogens is 1. The van der Waals surface area contributed by atoms with Crippen molar-refractivity contribution in [3.63, 3.8) is 0 Å². The second-order valence-electron chi connectivity index (χ2n) is 11.0. The molecular weight excluding hydrogens is 587 g/mol. The summed E-state index contributed by atoms with van der Waals surface area (Å²) in [6, 6.07) is 27.4. The average molecular weight is 623 g/mol. The van der Waals surface area contributed by atoms with Crippen molar-refractivity contribution in [2.24, 2.45) is 0 Å². The van der Waals surface area contributed by atoms with Crippen molar-refractivity contribution < 1.29 is 23.5 Å². The van der Waals surface area contributed by atoms with Gasteiger partial charge in [-0.25, -0.2) is 14.0 Å². The Labute approximate surface area is 265 Å². The largest absolute Gasteiger partial charge is 0.465 e. The fourth-order valence-corrected chi connectivity index (χ4v) is 5.39. The van der Waals surface area contributed by atoms with E-state index in [-0.39, 0.29) is 43.4 Å². The molecule has 0 aliphatic heterocycles. The van der Waals surface area contributed by atoms with Crippen LogP contribution < -0.4 is 10.9 Å². The molecule has 236 valence electrons. The molecular formula is C36H35FN4O5. The maximum absolute atomic E-state index is 14.5. The summed E-state index contributed by atoms with van der Waals surface area (Å²) in [4.78, 5) is 46.6. The lowest BCUT2D eigenvalue weighted by Crippen LogP contribution is -2.44. The first-order valence-electron chi connectivity index (χ1n) is 15.0. The molecule has 2 amide bonds. The highest BCUT2D eigenvalue weighted by atomic mass is 19.1. The van der Waals surface area contributed by atoms with Gasteiger partial charge in [-0.1, -0.05) is 84.9 Å². The number of nitrogens with one attached hydrogen (secondary N) is 1. The number of benzene rings is 4. The zero-order valence-corrected chi connectivity index (χ0v) is 25.7. The third kappa shape index (κ3) is 7.58. The van der Waals surface area contributed by atoms with E-state index in [4.69, 9.17) is 4.42 Å². The minimum Gasteiger partial charge on any atom is -0.465 e. The summed E-state index contributed by atoms with van der Waals surface area (Å²) in [7, 11) is 0. The Morgan fingerprint density at radius 3 is 2.13 bits per heavy atom. The van der Waals surface area contributed by atoms with Crippen LogP contribution in [-0.4, -0.2) is 44.5 Å². The molecule has 9 nitrogen and oxygen atoms in total. The molecule has 0 saturated heterocycles. The first-order valence-corrected chi connectivity index (χ1v) is 15.0. The molecule has 0 aliphatic carbocycles. The van der Waals surface area contributed by atoms with Crippen LogP contribution in [0.4, 0.5) is 15.2 Å². The molecule has 5 aromatic rings. The maximum Gasteiger partial charge on any atom is 0.407 e.